The van der Waals surface area contributed by atoms with Gasteiger partial charge in [-0.25, -0.2) is 4.98 Å². The van der Waals surface area contributed by atoms with Gasteiger partial charge in [0.2, 0.25) is 5.88 Å². The van der Waals surface area contributed by atoms with Crippen molar-refractivity contribution >= 4 is 23.3 Å². The monoisotopic (exact) mass is 493 g/mol. The average molecular weight is 494 g/mol. The lowest BCUT2D eigenvalue weighted by atomic mass is 10.0. The number of alkyl halides is 3. The quantitative estimate of drug-likeness (QED) is 0.550. The number of para-hydroxylation sites is 1. The van der Waals surface area contributed by atoms with E-state index >= 15 is 0 Å². The number of piperidine rings is 1. The van der Waals surface area contributed by atoms with E-state index in [0.29, 0.717) is 0 Å². The van der Waals surface area contributed by atoms with Gasteiger partial charge >= 0.3 is 6.18 Å². The van der Waals surface area contributed by atoms with Gasteiger partial charge in [-0.15, -0.1) is 0 Å². The molecular weight excluding hydrogens is 471 g/mol. The summed E-state index contributed by atoms with van der Waals surface area (Å²) in [6, 6.07) is 10.9. The Bertz CT molecular complexity index is 1160. The van der Waals surface area contributed by atoms with Gasteiger partial charge < -0.3 is 15.0 Å². The molecule has 3 heterocycles. The molecule has 1 aliphatic heterocycles. The van der Waals surface area contributed by atoms with Gasteiger partial charge in [0.15, 0.2) is 12.3 Å². The first-order valence-corrected chi connectivity index (χ1v) is 11.1. The molecule has 0 bridgehead atoms. The van der Waals surface area contributed by atoms with Crippen LogP contribution in [0.4, 0.5) is 19.0 Å². The van der Waals surface area contributed by atoms with Crippen molar-refractivity contribution in [3.05, 3.63) is 64.9 Å². The van der Waals surface area contributed by atoms with E-state index < -0.39 is 24.4 Å². The summed E-state index contributed by atoms with van der Waals surface area (Å²) in [6.45, 7) is 3.02. The van der Waals surface area contributed by atoms with Gasteiger partial charge in [0.05, 0.1) is 10.7 Å². The number of nitrogens with one attached hydrogen (secondary N) is 1. The van der Waals surface area contributed by atoms with Crippen molar-refractivity contribution in [1.29, 1.82) is 0 Å². The second kappa shape index (κ2) is 9.92. The number of pyridine rings is 1. The number of anilines is 1. The number of aryl methyl sites for hydroxylation is 1. The van der Waals surface area contributed by atoms with Gasteiger partial charge in [0.1, 0.15) is 5.82 Å². The van der Waals surface area contributed by atoms with Gasteiger partial charge in [-0.3, -0.25) is 4.79 Å². The molecule has 11 heteroatoms. The van der Waals surface area contributed by atoms with Gasteiger partial charge in [-0.2, -0.15) is 23.0 Å². The van der Waals surface area contributed by atoms with Crippen LogP contribution in [-0.2, 0) is 11.0 Å². The Kier molecular flexibility index (Phi) is 6.97. The van der Waals surface area contributed by atoms with E-state index in [4.69, 9.17) is 16.3 Å². The van der Waals surface area contributed by atoms with Crippen molar-refractivity contribution in [3.63, 3.8) is 0 Å². The fraction of sp³-hybridized carbons (Fsp3) is 0.348. The number of halogens is 4. The van der Waals surface area contributed by atoms with E-state index in [-0.39, 0.29) is 22.6 Å². The normalized spacial score (nSPS) is 14.8. The number of hydrogen-bond donors (Lipinski definition) is 1. The molecule has 1 saturated heterocycles. The maximum atomic E-state index is 13.2. The van der Waals surface area contributed by atoms with Crippen molar-refractivity contribution in [2.24, 2.45) is 0 Å². The van der Waals surface area contributed by atoms with Crippen LogP contribution in [-0.4, -0.2) is 46.4 Å². The number of carbonyl (C=O) groups excluding carboxylic acids is 1. The fourth-order valence-corrected chi connectivity index (χ4v) is 4.07. The van der Waals surface area contributed by atoms with Crippen LogP contribution in [0.3, 0.4) is 0 Å². The van der Waals surface area contributed by atoms with Crippen molar-refractivity contribution in [2.45, 2.75) is 32.0 Å². The van der Waals surface area contributed by atoms with Crippen LogP contribution >= 0.6 is 11.6 Å². The topological polar surface area (TPSA) is 72.3 Å². The summed E-state index contributed by atoms with van der Waals surface area (Å²) in [5.74, 6) is 0.285. The molecule has 0 spiro atoms. The number of ether oxygens (including phenoxy) is 1. The highest BCUT2D eigenvalue weighted by Gasteiger charge is 2.36. The summed E-state index contributed by atoms with van der Waals surface area (Å²) in [5.41, 5.74) is 0.166. The first kappa shape index (κ1) is 23.9. The summed E-state index contributed by atoms with van der Waals surface area (Å²) in [5, 5.41) is 6.68. The zero-order valence-corrected chi connectivity index (χ0v) is 19.1. The van der Waals surface area contributed by atoms with Crippen molar-refractivity contribution < 1.29 is 22.7 Å². The molecule has 0 saturated carbocycles. The Morgan fingerprint density at radius 3 is 2.62 bits per heavy atom. The van der Waals surface area contributed by atoms with Gasteiger partial charge in [0, 0.05) is 31.4 Å². The number of hydrogen-bond acceptors (Lipinski definition) is 5. The van der Waals surface area contributed by atoms with E-state index in [0.717, 1.165) is 48.1 Å². The highest BCUT2D eigenvalue weighted by molar-refractivity contribution is 6.32. The highest BCUT2D eigenvalue weighted by Crippen LogP contribution is 2.33. The van der Waals surface area contributed by atoms with Gasteiger partial charge in [-0.05, 0) is 43.5 Å². The molecule has 0 atom stereocenters. The number of carbonyl (C=O) groups is 1. The van der Waals surface area contributed by atoms with E-state index in [9.17, 15) is 18.0 Å². The maximum Gasteiger partial charge on any atom is 0.435 e. The second-order valence-corrected chi connectivity index (χ2v) is 8.40. The minimum atomic E-state index is -4.67. The Hall–Kier alpha value is -3.27. The molecule has 1 amide bonds. The molecule has 1 N–H and O–H groups in total. The lowest BCUT2D eigenvalue weighted by molar-refractivity contribution is -0.141. The molecule has 0 aliphatic carbocycles. The number of aromatic nitrogens is 3. The predicted octanol–water partition coefficient (Wildman–Crippen LogP) is 4.41. The largest absolute Gasteiger partial charge is 0.467 e. The summed E-state index contributed by atoms with van der Waals surface area (Å²) < 4.78 is 46.1. The van der Waals surface area contributed by atoms with Crippen LogP contribution in [0.25, 0.3) is 5.69 Å². The minimum Gasteiger partial charge on any atom is -0.467 e. The van der Waals surface area contributed by atoms with Crippen LogP contribution in [0.1, 0.15) is 24.1 Å². The number of nitrogens with zero attached hydrogens (tertiary/aromatic N) is 4. The number of rotatable bonds is 6. The van der Waals surface area contributed by atoms with Crippen LogP contribution in [0.5, 0.6) is 5.88 Å². The predicted molar refractivity (Wildman–Crippen MR) is 121 cm³/mol. The zero-order valence-electron chi connectivity index (χ0n) is 18.3. The van der Waals surface area contributed by atoms with Gasteiger partial charge in [-0.1, -0.05) is 29.8 Å². The first-order valence-electron chi connectivity index (χ1n) is 10.7. The third-order valence-electron chi connectivity index (χ3n) is 5.54. The van der Waals surface area contributed by atoms with Crippen LogP contribution in [0.15, 0.2) is 48.7 Å². The van der Waals surface area contributed by atoms with Crippen LogP contribution in [0, 0.1) is 6.92 Å². The molecule has 1 aromatic carbocycles. The first-order chi connectivity index (χ1) is 16.2. The molecule has 7 nitrogen and oxygen atoms in total. The minimum absolute atomic E-state index is 0.0596. The Balaban J connectivity index is 1.37. The highest BCUT2D eigenvalue weighted by atomic mass is 35.5. The van der Waals surface area contributed by atoms with E-state index in [1.54, 1.807) is 18.3 Å². The van der Waals surface area contributed by atoms with Crippen molar-refractivity contribution in [2.75, 3.05) is 24.6 Å². The van der Waals surface area contributed by atoms with E-state index in [1.807, 2.05) is 19.1 Å². The number of benzene rings is 1. The molecule has 180 valence electrons. The SMILES string of the molecule is Cc1cccnc1N1CCC(NC(=O)COc2cc(C(F)(F)F)nn2-c2ccccc2Cl)CC1. The van der Waals surface area contributed by atoms with Crippen molar-refractivity contribution in [3.8, 4) is 11.6 Å². The molecule has 2 aromatic heterocycles. The Morgan fingerprint density at radius 1 is 1.21 bits per heavy atom. The molecule has 3 aromatic rings. The van der Waals surface area contributed by atoms with Crippen LogP contribution < -0.4 is 15.0 Å². The second-order valence-electron chi connectivity index (χ2n) is 7.99. The summed E-state index contributed by atoms with van der Waals surface area (Å²) in [7, 11) is 0. The Morgan fingerprint density at radius 2 is 1.94 bits per heavy atom. The average Bonchev–Trinajstić information content (AvgIpc) is 3.24. The van der Waals surface area contributed by atoms with E-state index in [2.05, 4.69) is 20.3 Å². The molecule has 4 rings (SSSR count). The summed E-state index contributed by atoms with van der Waals surface area (Å²) in [4.78, 5) is 19.1. The molecule has 34 heavy (non-hydrogen) atoms. The maximum absolute atomic E-state index is 13.2. The lowest BCUT2D eigenvalue weighted by Gasteiger charge is -2.33. The molecule has 0 radical (unpaired) electrons. The third kappa shape index (κ3) is 5.44. The van der Waals surface area contributed by atoms with Gasteiger partial charge in [0.25, 0.3) is 5.91 Å². The number of amides is 1. The fourth-order valence-electron chi connectivity index (χ4n) is 3.85. The van der Waals surface area contributed by atoms with Crippen LogP contribution in [0.2, 0.25) is 5.02 Å². The lowest BCUT2D eigenvalue weighted by Crippen LogP contribution is -2.46. The standard InChI is InChI=1S/C23H23ClF3N5O2/c1-15-5-4-10-28-22(15)31-11-8-16(9-12-31)29-20(33)14-34-21-13-19(23(25,26)27)30-32(21)18-7-3-2-6-17(18)24/h2-7,10,13,16H,8-9,11-12,14H2,1H3,(H,29,33). The molecule has 1 fully saturated rings. The molecular formula is C23H23ClF3N5O2. The molecule has 0 unspecified atom stereocenters. The summed E-state index contributed by atoms with van der Waals surface area (Å²) in [6.07, 6.45) is -1.48. The third-order valence-corrected chi connectivity index (χ3v) is 5.86. The smallest absolute Gasteiger partial charge is 0.435 e. The van der Waals surface area contributed by atoms with E-state index in [1.165, 1.54) is 12.1 Å². The zero-order chi connectivity index (χ0) is 24.3. The Labute approximate surface area is 199 Å². The van der Waals surface area contributed by atoms with Crippen molar-refractivity contribution in [1.82, 2.24) is 20.1 Å². The molecule has 1 aliphatic rings. The summed E-state index contributed by atoms with van der Waals surface area (Å²) >= 11 is 6.13.